The average Bonchev–Trinajstić information content (AvgIpc) is 2.80. The number of benzene rings is 1. The highest BCUT2D eigenvalue weighted by atomic mass is 19.4. The summed E-state index contributed by atoms with van der Waals surface area (Å²) in [5, 5.41) is 3.71. The van der Waals surface area contributed by atoms with Crippen molar-refractivity contribution in [3.05, 3.63) is 40.7 Å². The number of nitrogen functional groups attached to an aromatic ring is 1. The van der Waals surface area contributed by atoms with Crippen LogP contribution in [-0.2, 0) is 12.4 Å². The van der Waals surface area contributed by atoms with Crippen LogP contribution in [0.15, 0.2) is 23.4 Å². The topological polar surface area (TPSA) is 65.4 Å². The van der Waals surface area contributed by atoms with Gasteiger partial charge in [-0.1, -0.05) is 0 Å². The molecule has 136 valence electrons. The van der Waals surface area contributed by atoms with Crippen molar-refractivity contribution < 1.29 is 31.1 Å². The Morgan fingerprint density at radius 1 is 1.16 bits per heavy atom. The van der Waals surface area contributed by atoms with E-state index in [0.717, 1.165) is 18.0 Å². The van der Waals surface area contributed by atoms with E-state index >= 15 is 0 Å². The van der Waals surface area contributed by atoms with Crippen LogP contribution in [0, 0.1) is 6.92 Å². The Morgan fingerprint density at radius 2 is 1.80 bits per heavy atom. The average molecular weight is 366 g/mol. The van der Waals surface area contributed by atoms with E-state index < -0.39 is 34.8 Å². The number of ether oxygens (including phenoxy) is 1. The quantitative estimate of drug-likeness (QED) is 0.665. The Morgan fingerprint density at radius 3 is 2.24 bits per heavy atom. The maximum Gasteiger partial charge on any atom is 0.417 e. The third kappa shape index (κ3) is 4.03. The number of aryl methyl sites for hydroxylation is 1. The summed E-state index contributed by atoms with van der Waals surface area (Å²) in [5.41, 5.74) is 2.31. The zero-order chi connectivity index (χ0) is 19.0. The molecule has 2 rings (SSSR count). The lowest BCUT2D eigenvalue weighted by Crippen LogP contribution is -2.15. The Balaban J connectivity index is 2.64. The van der Waals surface area contributed by atoms with E-state index in [2.05, 4.69) is 10.1 Å². The summed E-state index contributed by atoms with van der Waals surface area (Å²) in [7, 11) is 0.961. The van der Waals surface area contributed by atoms with Gasteiger partial charge in [0.2, 0.25) is 5.95 Å². The van der Waals surface area contributed by atoms with Crippen LogP contribution >= 0.6 is 0 Å². The SMILES string of the molecule is COc1cc(C(F)(F)F)cc(C(F)(F)F)c1C=Nn1cc(C)nc1N. The number of nitrogens with two attached hydrogens (primary N) is 1. The minimum Gasteiger partial charge on any atom is -0.496 e. The first-order valence-electron chi connectivity index (χ1n) is 6.65. The molecule has 0 atom stereocenters. The number of anilines is 1. The summed E-state index contributed by atoms with van der Waals surface area (Å²) in [4.78, 5) is 3.81. The molecule has 0 bridgehead atoms. The van der Waals surface area contributed by atoms with E-state index in [-0.39, 0.29) is 12.0 Å². The van der Waals surface area contributed by atoms with Gasteiger partial charge < -0.3 is 10.5 Å². The van der Waals surface area contributed by atoms with Crippen LogP contribution < -0.4 is 10.5 Å². The van der Waals surface area contributed by atoms with Crippen molar-refractivity contribution in [1.29, 1.82) is 0 Å². The molecule has 5 nitrogen and oxygen atoms in total. The lowest BCUT2D eigenvalue weighted by atomic mass is 10.0. The molecule has 0 spiro atoms. The Bertz CT molecular complexity index is 807. The molecule has 1 heterocycles. The first-order chi connectivity index (χ1) is 11.4. The van der Waals surface area contributed by atoms with E-state index in [1.54, 1.807) is 6.92 Å². The van der Waals surface area contributed by atoms with E-state index in [1.165, 1.54) is 6.20 Å². The van der Waals surface area contributed by atoms with Gasteiger partial charge in [0.05, 0.1) is 36.3 Å². The molecule has 25 heavy (non-hydrogen) atoms. The largest absolute Gasteiger partial charge is 0.496 e. The van der Waals surface area contributed by atoms with Crippen LogP contribution in [0.5, 0.6) is 5.75 Å². The summed E-state index contributed by atoms with van der Waals surface area (Å²) in [6.45, 7) is 1.59. The third-order valence-corrected chi connectivity index (χ3v) is 3.14. The number of methoxy groups -OCH3 is 1. The van der Waals surface area contributed by atoms with Crippen molar-refractivity contribution >= 4 is 12.2 Å². The monoisotopic (exact) mass is 366 g/mol. The maximum absolute atomic E-state index is 13.2. The highest BCUT2D eigenvalue weighted by Crippen LogP contribution is 2.40. The molecule has 0 saturated carbocycles. The molecule has 0 saturated heterocycles. The molecular weight excluding hydrogens is 354 g/mol. The normalized spacial score (nSPS) is 12.8. The molecule has 0 amide bonds. The molecule has 2 aromatic rings. The first-order valence-corrected chi connectivity index (χ1v) is 6.65. The highest BCUT2D eigenvalue weighted by Gasteiger charge is 2.39. The number of nitrogens with zero attached hydrogens (tertiary/aromatic N) is 3. The summed E-state index contributed by atoms with van der Waals surface area (Å²) < 4.78 is 83.8. The number of hydrogen-bond donors (Lipinski definition) is 1. The van der Waals surface area contributed by atoms with Gasteiger partial charge in [0, 0.05) is 5.56 Å². The molecule has 0 aliphatic rings. The standard InChI is InChI=1S/C14H12F6N4O/c1-7-6-24(12(21)23-7)22-5-9-10(14(18,19)20)3-8(13(15,16)17)4-11(9)25-2/h3-6H,1-2H3,(H2,21,23). The summed E-state index contributed by atoms with van der Waals surface area (Å²) in [5.74, 6) is -0.713. The predicted octanol–water partition coefficient (Wildman–Crippen LogP) is 3.70. The van der Waals surface area contributed by atoms with Gasteiger partial charge in [-0.05, 0) is 19.1 Å². The first kappa shape index (κ1) is 18.6. The van der Waals surface area contributed by atoms with Crippen LogP contribution in [0.1, 0.15) is 22.4 Å². The molecular formula is C14H12F6N4O. The number of alkyl halides is 6. The number of imidazole rings is 1. The van der Waals surface area contributed by atoms with Gasteiger partial charge in [0.15, 0.2) is 0 Å². The Labute approximate surface area is 137 Å². The molecule has 1 aromatic carbocycles. The fourth-order valence-electron chi connectivity index (χ4n) is 2.04. The zero-order valence-corrected chi connectivity index (χ0v) is 12.9. The van der Waals surface area contributed by atoms with Crippen LogP contribution in [-0.4, -0.2) is 23.0 Å². The van der Waals surface area contributed by atoms with Gasteiger partial charge in [-0.2, -0.15) is 31.4 Å². The van der Waals surface area contributed by atoms with Gasteiger partial charge in [-0.25, -0.2) is 9.66 Å². The van der Waals surface area contributed by atoms with E-state index in [9.17, 15) is 26.3 Å². The summed E-state index contributed by atoms with van der Waals surface area (Å²) in [6.07, 6.45) is -7.95. The van der Waals surface area contributed by atoms with Crippen LogP contribution in [0.4, 0.5) is 32.3 Å². The van der Waals surface area contributed by atoms with Crippen molar-refractivity contribution in [3.8, 4) is 5.75 Å². The fraction of sp³-hybridized carbons (Fsp3) is 0.286. The predicted molar refractivity (Wildman–Crippen MR) is 77.4 cm³/mol. The number of rotatable bonds is 3. The Kier molecular flexibility index (Phi) is 4.69. The molecule has 1 aromatic heterocycles. The highest BCUT2D eigenvalue weighted by molar-refractivity contribution is 5.86. The number of hydrogen-bond acceptors (Lipinski definition) is 4. The van der Waals surface area contributed by atoms with E-state index in [4.69, 9.17) is 10.5 Å². The minimum absolute atomic E-state index is 0.00634. The van der Waals surface area contributed by atoms with Gasteiger partial charge in [-0.3, -0.25) is 0 Å². The number of aromatic nitrogens is 2. The lowest BCUT2D eigenvalue weighted by Gasteiger charge is -2.17. The third-order valence-electron chi connectivity index (χ3n) is 3.14. The van der Waals surface area contributed by atoms with Crippen molar-refractivity contribution in [2.45, 2.75) is 19.3 Å². The summed E-state index contributed by atoms with van der Waals surface area (Å²) >= 11 is 0. The lowest BCUT2D eigenvalue weighted by molar-refractivity contribution is -0.143. The molecule has 11 heteroatoms. The van der Waals surface area contributed by atoms with Crippen LogP contribution in [0.25, 0.3) is 0 Å². The summed E-state index contributed by atoms with van der Waals surface area (Å²) in [6, 6.07) is 0.478. The smallest absolute Gasteiger partial charge is 0.417 e. The Hall–Kier alpha value is -2.72. The van der Waals surface area contributed by atoms with Crippen molar-refractivity contribution in [1.82, 2.24) is 9.66 Å². The van der Waals surface area contributed by atoms with Crippen molar-refractivity contribution in [2.24, 2.45) is 5.10 Å². The fourth-order valence-corrected chi connectivity index (χ4v) is 2.04. The van der Waals surface area contributed by atoms with Crippen LogP contribution in [0.3, 0.4) is 0 Å². The van der Waals surface area contributed by atoms with Gasteiger partial charge in [-0.15, -0.1) is 0 Å². The molecule has 0 fully saturated rings. The van der Waals surface area contributed by atoms with Crippen LogP contribution in [0.2, 0.25) is 0 Å². The van der Waals surface area contributed by atoms with E-state index in [0.29, 0.717) is 11.8 Å². The molecule has 0 unspecified atom stereocenters. The van der Waals surface area contributed by atoms with Gasteiger partial charge in [0.25, 0.3) is 0 Å². The van der Waals surface area contributed by atoms with E-state index in [1.807, 2.05) is 0 Å². The molecule has 0 radical (unpaired) electrons. The maximum atomic E-state index is 13.2. The van der Waals surface area contributed by atoms with Crippen molar-refractivity contribution in [3.63, 3.8) is 0 Å². The second-order valence-corrected chi connectivity index (χ2v) is 4.96. The van der Waals surface area contributed by atoms with Gasteiger partial charge >= 0.3 is 12.4 Å². The second kappa shape index (κ2) is 6.30. The van der Waals surface area contributed by atoms with Gasteiger partial charge in [0.1, 0.15) is 5.75 Å². The molecule has 2 N–H and O–H groups in total. The molecule has 0 aliphatic carbocycles. The number of halogens is 6. The van der Waals surface area contributed by atoms with Crippen molar-refractivity contribution in [2.75, 3.05) is 12.8 Å². The second-order valence-electron chi connectivity index (χ2n) is 4.96. The molecule has 0 aliphatic heterocycles. The zero-order valence-electron chi connectivity index (χ0n) is 12.9. The minimum atomic E-state index is -5.05.